The third kappa shape index (κ3) is 9.39. The SMILES string of the molecule is FC(CCC1CCOCC1)C(F)(F)OCCOCCOC(F)(F)C(F)N1CCOCC1. The summed E-state index contributed by atoms with van der Waals surface area (Å²) in [7, 11) is 0. The second-order valence-electron chi connectivity index (χ2n) is 7.52. The molecule has 2 atom stereocenters. The van der Waals surface area contributed by atoms with Crippen LogP contribution in [0.5, 0.6) is 0 Å². The highest BCUT2D eigenvalue weighted by molar-refractivity contribution is 4.73. The molecule has 0 spiro atoms. The van der Waals surface area contributed by atoms with Crippen LogP contribution in [0.1, 0.15) is 25.7 Å². The fraction of sp³-hybridized carbons (Fsp3) is 1.00. The number of halogens is 6. The summed E-state index contributed by atoms with van der Waals surface area (Å²) in [4.78, 5) is 0.912. The third-order valence-electron chi connectivity index (χ3n) is 5.22. The van der Waals surface area contributed by atoms with E-state index in [1.165, 1.54) is 0 Å². The first-order valence-electron chi connectivity index (χ1n) is 10.5. The first-order chi connectivity index (χ1) is 14.7. The molecule has 184 valence electrons. The highest BCUT2D eigenvalue weighted by Gasteiger charge is 2.46. The Morgan fingerprint density at radius 3 is 1.97 bits per heavy atom. The molecule has 2 unspecified atom stereocenters. The maximum Gasteiger partial charge on any atom is 0.400 e. The van der Waals surface area contributed by atoms with Gasteiger partial charge in [0.25, 0.3) is 0 Å². The molecular formula is C19H31F6NO5. The van der Waals surface area contributed by atoms with E-state index >= 15 is 0 Å². The van der Waals surface area contributed by atoms with Gasteiger partial charge in [0.2, 0.25) is 6.30 Å². The molecule has 12 heteroatoms. The van der Waals surface area contributed by atoms with Gasteiger partial charge in [0.05, 0.1) is 39.6 Å². The summed E-state index contributed by atoms with van der Waals surface area (Å²) in [5, 5.41) is 0. The van der Waals surface area contributed by atoms with Crippen LogP contribution in [0.2, 0.25) is 0 Å². The zero-order valence-corrected chi connectivity index (χ0v) is 17.4. The van der Waals surface area contributed by atoms with Gasteiger partial charge in [-0.3, -0.25) is 4.90 Å². The maximum atomic E-state index is 13.9. The predicted molar refractivity (Wildman–Crippen MR) is 97.6 cm³/mol. The van der Waals surface area contributed by atoms with Crippen LogP contribution in [0.25, 0.3) is 0 Å². The number of nitrogens with zero attached hydrogens (tertiary/aromatic N) is 1. The third-order valence-corrected chi connectivity index (χ3v) is 5.22. The van der Waals surface area contributed by atoms with Gasteiger partial charge in [-0.25, -0.2) is 8.78 Å². The van der Waals surface area contributed by atoms with Gasteiger partial charge in [0, 0.05) is 26.3 Å². The van der Waals surface area contributed by atoms with Crippen LogP contribution in [-0.4, -0.2) is 95.5 Å². The lowest BCUT2D eigenvalue weighted by atomic mass is 9.93. The summed E-state index contributed by atoms with van der Waals surface area (Å²) in [5.74, 6) is 0.163. The fourth-order valence-electron chi connectivity index (χ4n) is 3.34. The smallest absolute Gasteiger partial charge is 0.381 e. The summed E-state index contributed by atoms with van der Waals surface area (Å²) in [5.41, 5.74) is 0. The Balaban J connectivity index is 1.54. The maximum absolute atomic E-state index is 13.9. The van der Waals surface area contributed by atoms with E-state index in [0.717, 1.165) is 17.7 Å². The molecular weight excluding hydrogens is 436 g/mol. The van der Waals surface area contributed by atoms with E-state index in [-0.39, 0.29) is 51.9 Å². The van der Waals surface area contributed by atoms with Crippen LogP contribution in [0.4, 0.5) is 26.3 Å². The average molecular weight is 467 g/mol. The minimum absolute atomic E-state index is 0.0206. The van der Waals surface area contributed by atoms with E-state index in [9.17, 15) is 26.3 Å². The van der Waals surface area contributed by atoms with Crippen LogP contribution in [-0.2, 0) is 23.7 Å². The Morgan fingerprint density at radius 1 is 0.806 bits per heavy atom. The van der Waals surface area contributed by atoms with Crippen LogP contribution in [0, 0.1) is 5.92 Å². The second-order valence-corrected chi connectivity index (χ2v) is 7.52. The van der Waals surface area contributed by atoms with Gasteiger partial charge in [0.1, 0.15) is 0 Å². The zero-order chi connectivity index (χ0) is 22.7. The van der Waals surface area contributed by atoms with Crippen molar-refractivity contribution < 1.29 is 50.0 Å². The van der Waals surface area contributed by atoms with Crippen molar-refractivity contribution in [3.8, 4) is 0 Å². The number of rotatable bonds is 14. The first-order valence-corrected chi connectivity index (χ1v) is 10.5. The summed E-state index contributed by atoms with van der Waals surface area (Å²) >= 11 is 0. The Labute approximate surface area is 178 Å². The van der Waals surface area contributed by atoms with Gasteiger partial charge in [-0.05, 0) is 31.6 Å². The monoisotopic (exact) mass is 467 g/mol. The van der Waals surface area contributed by atoms with E-state index in [4.69, 9.17) is 14.2 Å². The lowest BCUT2D eigenvalue weighted by Crippen LogP contribution is -2.51. The largest absolute Gasteiger partial charge is 0.400 e. The Bertz CT molecular complexity index is 492. The summed E-state index contributed by atoms with van der Waals surface area (Å²) in [6, 6.07) is 0. The van der Waals surface area contributed by atoms with Crippen LogP contribution >= 0.6 is 0 Å². The molecule has 2 rings (SSSR count). The number of hydrogen-bond donors (Lipinski definition) is 0. The topological polar surface area (TPSA) is 49.4 Å². The lowest BCUT2D eigenvalue weighted by molar-refractivity contribution is -0.308. The average Bonchev–Trinajstić information content (AvgIpc) is 2.77. The molecule has 2 fully saturated rings. The van der Waals surface area contributed by atoms with Gasteiger partial charge in [-0.1, -0.05) is 0 Å². The minimum Gasteiger partial charge on any atom is -0.381 e. The summed E-state index contributed by atoms with van der Waals surface area (Å²) in [6.07, 6.45) is -11.6. The van der Waals surface area contributed by atoms with E-state index in [1.807, 2.05) is 0 Å². The molecule has 2 aliphatic rings. The molecule has 0 amide bonds. The Hall–Kier alpha value is -0.660. The molecule has 0 saturated carbocycles. The van der Waals surface area contributed by atoms with E-state index in [1.54, 1.807) is 0 Å². The van der Waals surface area contributed by atoms with Crippen molar-refractivity contribution >= 4 is 0 Å². The number of ether oxygens (including phenoxy) is 5. The molecule has 0 bridgehead atoms. The van der Waals surface area contributed by atoms with Gasteiger partial charge in [-0.15, -0.1) is 0 Å². The molecule has 2 saturated heterocycles. The molecule has 0 aromatic heterocycles. The van der Waals surface area contributed by atoms with E-state index < -0.39 is 37.9 Å². The summed E-state index contributed by atoms with van der Waals surface area (Å²) in [6.45, 7) is -0.575. The number of morpholine rings is 1. The van der Waals surface area contributed by atoms with Gasteiger partial charge in [0.15, 0.2) is 6.17 Å². The van der Waals surface area contributed by atoms with E-state index in [2.05, 4.69) is 9.47 Å². The Morgan fingerprint density at radius 2 is 1.35 bits per heavy atom. The van der Waals surface area contributed by atoms with Crippen molar-refractivity contribution in [3.05, 3.63) is 0 Å². The first kappa shape index (κ1) is 26.6. The number of hydrogen-bond acceptors (Lipinski definition) is 6. The van der Waals surface area contributed by atoms with Crippen molar-refractivity contribution in [2.24, 2.45) is 5.92 Å². The van der Waals surface area contributed by atoms with Crippen molar-refractivity contribution in [1.82, 2.24) is 4.90 Å². The number of alkyl halides is 6. The molecule has 0 N–H and O–H groups in total. The lowest BCUT2D eigenvalue weighted by Gasteiger charge is -2.33. The molecule has 31 heavy (non-hydrogen) atoms. The Kier molecular flexibility index (Phi) is 11.3. The quantitative estimate of drug-likeness (QED) is 0.222. The van der Waals surface area contributed by atoms with Crippen molar-refractivity contribution in [3.63, 3.8) is 0 Å². The van der Waals surface area contributed by atoms with Crippen molar-refractivity contribution in [1.29, 1.82) is 0 Å². The van der Waals surface area contributed by atoms with Gasteiger partial charge < -0.3 is 23.7 Å². The van der Waals surface area contributed by atoms with Crippen LogP contribution in [0.3, 0.4) is 0 Å². The molecule has 0 aliphatic carbocycles. The molecule has 0 aromatic rings. The molecule has 2 aliphatic heterocycles. The molecule has 2 heterocycles. The highest BCUT2D eigenvalue weighted by Crippen LogP contribution is 2.30. The molecule has 0 aromatic carbocycles. The minimum atomic E-state index is -4.05. The van der Waals surface area contributed by atoms with Crippen LogP contribution < -0.4 is 0 Å². The fourth-order valence-corrected chi connectivity index (χ4v) is 3.34. The van der Waals surface area contributed by atoms with Gasteiger partial charge in [-0.2, -0.15) is 17.6 Å². The highest BCUT2D eigenvalue weighted by atomic mass is 19.3. The van der Waals surface area contributed by atoms with Gasteiger partial charge >= 0.3 is 12.2 Å². The molecule has 0 radical (unpaired) electrons. The zero-order valence-electron chi connectivity index (χ0n) is 17.4. The second kappa shape index (κ2) is 13.1. The van der Waals surface area contributed by atoms with Crippen molar-refractivity contribution in [2.45, 2.75) is 50.4 Å². The van der Waals surface area contributed by atoms with Crippen molar-refractivity contribution in [2.75, 3.05) is 65.9 Å². The summed E-state index contributed by atoms with van der Waals surface area (Å²) < 4.78 is 106. The predicted octanol–water partition coefficient (Wildman–Crippen LogP) is 3.39. The van der Waals surface area contributed by atoms with Crippen LogP contribution in [0.15, 0.2) is 0 Å². The normalized spacial score (nSPS) is 21.9. The standard InChI is InChI=1S/C19H31F6NO5/c20-16(2-1-15-3-7-27-8-4-15)18(22,23)30-13-11-29-12-14-31-19(24,25)17(21)26-5-9-28-10-6-26/h15-17H,1-14H2. The molecule has 6 nitrogen and oxygen atoms in total. The van der Waals surface area contributed by atoms with E-state index in [0.29, 0.717) is 19.6 Å².